The van der Waals surface area contributed by atoms with E-state index >= 15 is 0 Å². The largest absolute Gasteiger partial charge is 0.465 e. The standard InChI is InChI=1S/C14H16ClNO5/c1-8(7-15)12(17)16-11-5-9(13(18)20-2)4-10(6-11)14(19)21-3/h4-6,8H,7H2,1-3H3,(H,16,17). The SMILES string of the molecule is COC(=O)c1cc(NC(=O)C(C)CCl)cc(C(=O)OC)c1. The molecular formula is C14H16ClNO5. The second-order valence-corrected chi connectivity index (χ2v) is 4.64. The molecule has 1 aromatic rings. The van der Waals surface area contributed by atoms with E-state index in [0.29, 0.717) is 5.69 Å². The maximum absolute atomic E-state index is 11.8. The van der Waals surface area contributed by atoms with Crippen LogP contribution in [0.5, 0.6) is 0 Å². The Morgan fingerprint density at radius 2 is 1.57 bits per heavy atom. The molecule has 1 aromatic carbocycles. The van der Waals surface area contributed by atoms with Crippen molar-refractivity contribution in [2.24, 2.45) is 5.92 Å². The summed E-state index contributed by atoms with van der Waals surface area (Å²) in [6, 6.07) is 4.16. The van der Waals surface area contributed by atoms with E-state index in [0.717, 1.165) is 0 Å². The molecule has 0 saturated carbocycles. The van der Waals surface area contributed by atoms with Gasteiger partial charge in [0.05, 0.1) is 25.3 Å². The van der Waals surface area contributed by atoms with Crippen LogP contribution in [0.2, 0.25) is 0 Å². The van der Waals surface area contributed by atoms with Crippen LogP contribution in [0.25, 0.3) is 0 Å². The van der Waals surface area contributed by atoms with E-state index in [9.17, 15) is 14.4 Å². The highest BCUT2D eigenvalue weighted by molar-refractivity contribution is 6.19. The predicted molar refractivity (Wildman–Crippen MR) is 77.6 cm³/mol. The van der Waals surface area contributed by atoms with E-state index in [4.69, 9.17) is 11.6 Å². The number of amides is 1. The molecule has 114 valence electrons. The van der Waals surface area contributed by atoms with E-state index in [-0.39, 0.29) is 22.9 Å². The first-order valence-corrected chi connectivity index (χ1v) is 6.65. The molecule has 0 fully saturated rings. The fraction of sp³-hybridized carbons (Fsp3) is 0.357. The number of ether oxygens (including phenoxy) is 2. The Labute approximate surface area is 127 Å². The van der Waals surface area contributed by atoms with Gasteiger partial charge in [0.25, 0.3) is 0 Å². The number of halogens is 1. The summed E-state index contributed by atoms with van der Waals surface area (Å²) >= 11 is 5.61. The van der Waals surface area contributed by atoms with Crippen LogP contribution in [-0.2, 0) is 14.3 Å². The maximum atomic E-state index is 11.8. The van der Waals surface area contributed by atoms with Crippen molar-refractivity contribution in [1.29, 1.82) is 0 Å². The number of methoxy groups -OCH3 is 2. The molecule has 6 nitrogen and oxygen atoms in total. The Morgan fingerprint density at radius 3 is 1.95 bits per heavy atom. The van der Waals surface area contributed by atoms with Gasteiger partial charge in [-0.05, 0) is 18.2 Å². The topological polar surface area (TPSA) is 81.7 Å². The fourth-order valence-electron chi connectivity index (χ4n) is 1.51. The smallest absolute Gasteiger partial charge is 0.337 e. The molecule has 1 N–H and O–H groups in total. The number of nitrogens with one attached hydrogen (secondary N) is 1. The number of esters is 2. The van der Waals surface area contributed by atoms with Crippen LogP contribution in [0.4, 0.5) is 5.69 Å². The summed E-state index contributed by atoms with van der Waals surface area (Å²) in [5.41, 5.74) is 0.559. The number of carbonyl (C=O) groups excluding carboxylic acids is 3. The number of benzene rings is 1. The number of anilines is 1. The molecule has 1 amide bonds. The summed E-state index contributed by atoms with van der Waals surface area (Å²) in [4.78, 5) is 35.0. The summed E-state index contributed by atoms with van der Waals surface area (Å²) in [7, 11) is 2.45. The van der Waals surface area contributed by atoms with Gasteiger partial charge in [-0.2, -0.15) is 0 Å². The van der Waals surface area contributed by atoms with Crippen molar-refractivity contribution < 1.29 is 23.9 Å². The predicted octanol–water partition coefficient (Wildman–Crippen LogP) is 2.07. The molecule has 0 aliphatic heterocycles. The van der Waals surface area contributed by atoms with Crippen molar-refractivity contribution >= 4 is 35.1 Å². The van der Waals surface area contributed by atoms with Gasteiger partial charge >= 0.3 is 11.9 Å². The number of hydrogen-bond acceptors (Lipinski definition) is 5. The first kappa shape index (κ1) is 17.0. The van der Waals surface area contributed by atoms with Crippen LogP contribution >= 0.6 is 11.6 Å². The average molecular weight is 314 g/mol. The first-order chi connectivity index (χ1) is 9.92. The van der Waals surface area contributed by atoms with Crippen LogP contribution in [0.1, 0.15) is 27.6 Å². The third-order valence-corrected chi connectivity index (χ3v) is 3.18. The monoisotopic (exact) mass is 313 g/mol. The summed E-state index contributed by atoms with van der Waals surface area (Å²) in [6.07, 6.45) is 0. The molecule has 1 atom stereocenters. The highest BCUT2D eigenvalue weighted by Crippen LogP contribution is 2.18. The van der Waals surface area contributed by atoms with Crippen molar-refractivity contribution in [1.82, 2.24) is 0 Å². The molecule has 1 unspecified atom stereocenters. The number of rotatable bonds is 5. The van der Waals surface area contributed by atoms with E-state index in [1.807, 2.05) is 0 Å². The first-order valence-electron chi connectivity index (χ1n) is 6.11. The van der Waals surface area contributed by atoms with Gasteiger partial charge in [0, 0.05) is 17.5 Å². The van der Waals surface area contributed by atoms with Crippen LogP contribution in [-0.4, -0.2) is 37.9 Å². The molecule has 0 radical (unpaired) electrons. The zero-order valence-electron chi connectivity index (χ0n) is 11.9. The molecule has 0 bridgehead atoms. The number of alkyl halides is 1. The van der Waals surface area contributed by atoms with Gasteiger partial charge in [-0.3, -0.25) is 4.79 Å². The summed E-state index contributed by atoms with van der Waals surface area (Å²) in [5, 5.41) is 2.59. The van der Waals surface area contributed by atoms with Crippen LogP contribution < -0.4 is 5.32 Å². The molecule has 0 heterocycles. The minimum absolute atomic E-state index is 0.134. The zero-order valence-corrected chi connectivity index (χ0v) is 12.7. The average Bonchev–Trinajstić information content (AvgIpc) is 2.51. The van der Waals surface area contributed by atoms with Gasteiger partial charge in [-0.15, -0.1) is 11.6 Å². The lowest BCUT2D eigenvalue weighted by molar-refractivity contribution is -0.118. The Morgan fingerprint density at radius 1 is 1.10 bits per heavy atom. The van der Waals surface area contributed by atoms with Gasteiger partial charge in [0.15, 0.2) is 0 Å². The number of hydrogen-bond donors (Lipinski definition) is 1. The van der Waals surface area contributed by atoms with Gasteiger partial charge in [0.1, 0.15) is 0 Å². The zero-order chi connectivity index (χ0) is 16.0. The molecule has 0 aliphatic rings. The van der Waals surface area contributed by atoms with E-state index < -0.39 is 17.9 Å². The van der Waals surface area contributed by atoms with Crippen molar-refractivity contribution in [3.05, 3.63) is 29.3 Å². The molecule has 7 heteroatoms. The number of carbonyl (C=O) groups is 3. The van der Waals surface area contributed by atoms with Crippen molar-refractivity contribution in [2.45, 2.75) is 6.92 Å². The van der Waals surface area contributed by atoms with Crippen molar-refractivity contribution in [2.75, 3.05) is 25.4 Å². The maximum Gasteiger partial charge on any atom is 0.337 e. The lowest BCUT2D eigenvalue weighted by atomic mass is 10.1. The summed E-state index contributed by atoms with van der Waals surface area (Å²) in [5.74, 6) is -1.81. The minimum atomic E-state index is -0.623. The van der Waals surface area contributed by atoms with E-state index in [2.05, 4.69) is 14.8 Å². The molecule has 21 heavy (non-hydrogen) atoms. The third kappa shape index (κ3) is 4.46. The van der Waals surface area contributed by atoms with Crippen LogP contribution in [0.3, 0.4) is 0 Å². The van der Waals surface area contributed by atoms with Crippen LogP contribution in [0.15, 0.2) is 18.2 Å². The molecule has 0 spiro atoms. The van der Waals surface area contributed by atoms with Crippen molar-refractivity contribution in [3.63, 3.8) is 0 Å². The Hall–Kier alpha value is -2.08. The molecular weight excluding hydrogens is 298 g/mol. The Bertz CT molecular complexity index is 524. The van der Waals surface area contributed by atoms with E-state index in [1.54, 1.807) is 6.92 Å². The van der Waals surface area contributed by atoms with Crippen molar-refractivity contribution in [3.8, 4) is 0 Å². The lowest BCUT2D eigenvalue weighted by Gasteiger charge is -2.11. The van der Waals surface area contributed by atoms with Gasteiger partial charge in [-0.1, -0.05) is 6.92 Å². The lowest BCUT2D eigenvalue weighted by Crippen LogP contribution is -2.22. The second-order valence-electron chi connectivity index (χ2n) is 4.33. The Kier molecular flexibility index (Phi) is 6.17. The molecule has 0 aliphatic carbocycles. The second kappa shape index (κ2) is 7.64. The quantitative estimate of drug-likeness (QED) is 0.665. The highest BCUT2D eigenvalue weighted by atomic mass is 35.5. The molecule has 1 rings (SSSR count). The normalized spacial score (nSPS) is 11.4. The highest BCUT2D eigenvalue weighted by Gasteiger charge is 2.17. The summed E-state index contributed by atoms with van der Waals surface area (Å²) in [6.45, 7) is 1.66. The third-order valence-electron chi connectivity index (χ3n) is 2.72. The summed E-state index contributed by atoms with van der Waals surface area (Å²) < 4.78 is 9.22. The fourth-order valence-corrected chi connectivity index (χ4v) is 1.65. The van der Waals surface area contributed by atoms with Crippen LogP contribution in [0, 0.1) is 5.92 Å². The molecule has 0 aromatic heterocycles. The Balaban J connectivity index is 3.15. The minimum Gasteiger partial charge on any atom is -0.465 e. The van der Waals surface area contributed by atoms with Gasteiger partial charge in [-0.25, -0.2) is 9.59 Å². The molecule has 0 saturated heterocycles. The van der Waals surface area contributed by atoms with Gasteiger partial charge < -0.3 is 14.8 Å². The van der Waals surface area contributed by atoms with Gasteiger partial charge in [0.2, 0.25) is 5.91 Å². The van der Waals surface area contributed by atoms with E-state index in [1.165, 1.54) is 32.4 Å².